The normalized spacial score (nSPS) is 20.3. The van der Waals surface area contributed by atoms with Crippen LogP contribution in [0.1, 0.15) is 18.4 Å². The molecule has 0 saturated heterocycles. The summed E-state index contributed by atoms with van der Waals surface area (Å²) in [7, 11) is 0. The molecule has 1 unspecified atom stereocenters. The molecule has 0 saturated carbocycles. The van der Waals surface area contributed by atoms with Crippen LogP contribution in [0.2, 0.25) is 0 Å². The van der Waals surface area contributed by atoms with E-state index in [-0.39, 0.29) is 0 Å². The summed E-state index contributed by atoms with van der Waals surface area (Å²) in [4.78, 5) is 1.75. The first-order valence-electron chi connectivity index (χ1n) is 4.09. The van der Waals surface area contributed by atoms with Crippen LogP contribution < -0.4 is 4.90 Å². The van der Waals surface area contributed by atoms with Crippen molar-refractivity contribution in [1.29, 1.82) is 5.26 Å². The van der Waals surface area contributed by atoms with Gasteiger partial charge in [0.05, 0.1) is 5.69 Å². The molecule has 1 aromatic rings. The summed E-state index contributed by atoms with van der Waals surface area (Å²) in [6, 6.07) is 8.09. The SMILES string of the molecule is CC1CN(C#N)c2ccccc21. The third-order valence-electron chi connectivity index (χ3n) is 2.34. The molecule has 0 bridgehead atoms. The monoisotopic (exact) mass is 158 g/mol. The Balaban J connectivity index is 2.52. The quantitative estimate of drug-likeness (QED) is 0.540. The maximum absolute atomic E-state index is 8.81. The molecule has 0 N–H and O–H groups in total. The van der Waals surface area contributed by atoms with Crippen LogP contribution in [0.25, 0.3) is 0 Å². The molecule has 12 heavy (non-hydrogen) atoms. The molecule has 2 rings (SSSR count). The van der Waals surface area contributed by atoms with Gasteiger partial charge in [0.15, 0.2) is 6.19 Å². The highest BCUT2D eigenvalue weighted by molar-refractivity contribution is 5.62. The number of hydrogen-bond donors (Lipinski definition) is 0. The van der Waals surface area contributed by atoms with Crippen molar-refractivity contribution in [2.45, 2.75) is 12.8 Å². The molecule has 0 amide bonds. The zero-order chi connectivity index (χ0) is 8.55. The Morgan fingerprint density at radius 1 is 1.50 bits per heavy atom. The van der Waals surface area contributed by atoms with Crippen molar-refractivity contribution in [3.63, 3.8) is 0 Å². The number of rotatable bonds is 0. The Hall–Kier alpha value is -1.49. The van der Waals surface area contributed by atoms with Crippen molar-refractivity contribution in [2.24, 2.45) is 0 Å². The fourth-order valence-electron chi connectivity index (χ4n) is 1.72. The molecule has 2 heteroatoms. The Morgan fingerprint density at radius 2 is 2.25 bits per heavy atom. The van der Waals surface area contributed by atoms with Crippen molar-refractivity contribution >= 4 is 5.69 Å². The van der Waals surface area contributed by atoms with E-state index in [1.807, 2.05) is 18.2 Å². The van der Waals surface area contributed by atoms with E-state index in [4.69, 9.17) is 5.26 Å². The largest absolute Gasteiger partial charge is 0.279 e. The summed E-state index contributed by atoms with van der Waals surface area (Å²) in [5.74, 6) is 0.487. The van der Waals surface area contributed by atoms with Crippen LogP contribution in [0.4, 0.5) is 5.69 Å². The van der Waals surface area contributed by atoms with Crippen LogP contribution in [-0.4, -0.2) is 6.54 Å². The summed E-state index contributed by atoms with van der Waals surface area (Å²) in [5, 5.41) is 8.81. The molecule has 0 aromatic heterocycles. The molecule has 1 aliphatic rings. The van der Waals surface area contributed by atoms with Gasteiger partial charge in [0, 0.05) is 12.5 Å². The van der Waals surface area contributed by atoms with Crippen LogP contribution in [0.3, 0.4) is 0 Å². The molecule has 1 atom stereocenters. The van der Waals surface area contributed by atoms with Gasteiger partial charge in [-0.25, -0.2) is 0 Å². The zero-order valence-electron chi connectivity index (χ0n) is 6.99. The predicted molar refractivity (Wildman–Crippen MR) is 47.8 cm³/mol. The minimum Gasteiger partial charge on any atom is -0.279 e. The summed E-state index contributed by atoms with van der Waals surface area (Å²) < 4.78 is 0. The molecular formula is C10H10N2. The fraction of sp³-hybridized carbons (Fsp3) is 0.300. The van der Waals surface area contributed by atoms with E-state index in [2.05, 4.69) is 19.2 Å². The predicted octanol–water partition coefficient (Wildman–Crippen LogP) is 2.09. The first-order chi connectivity index (χ1) is 5.83. The lowest BCUT2D eigenvalue weighted by atomic mass is 10.0. The van der Waals surface area contributed by atoms with E-state index in [1.165, 1.54) is 5.56 Å². The lowest BCUT2D eigenvalue weighted by molar-refractivity contribution is 0.814. The number of benzene rings is 1. The minimum atomic E-state index is 0.487. The molecule has 1 aromatic carbocycles. The highest BCUT2D eigenvalue weighted by atomic mass is 15.1. The average molecular weight is 158 g/mol. The highest BCUT2D eigenvalue weighted by Gasteiger charge is 2.24. The van der Waals surface area contributed by atoms with Crippen LogP contribution in [0.15, 0.2) is 24.3 Å². The number of nitriles is 1. The van der Waals surface area contributed by atoms with Gasteiger partial charge in [0.2, 0.25) is 0 Å². The van der Waals surface area contributed by atoms with Gasteiger partial charge < -0.3 is 0 Å². The van der Waals surface area contributed by atoms with Crippen molar-refractivity contribution in [2.75, 3.05) is 11.4 Å². The second-order valence-electron chi connectivity index (χ2n) is 3.17. The lowest BCUT2D eigenvalue weighted by Crippen LogP contribution is -2.13. The summed E-state index contributed by atoms with van der Waals surface area (Å²) in [5.41, 5.74) is 2.37. The Morgan fingerprint density at radius 3 is 3.00 bits per heavy atom. The molecule has 1 aliphatic heterocycles. The zero-order valence-corrected chi connectivity index (χ0v) is 6.99. The maximum Gasteiger partial charge on any atom is 0.184 e. The van der Waals surface area contributed by atoms with Gasteiger partial charge in [0.1, 0.15) is 0 Å². The topological polar surface area (TPSA) is 27.0 Å². The molecule has 60 valence electrons. The molecule has 0 fully saturated rings. The number of hydrogen-bond acceptors (Lipinski definition) is 2. The van der Waals surface area contributed by atoms with Gasteiger partial charge in [-0.2, -0.15) is 5.26 Å². The van der Waals surface area contributed by atoms with E-state index < -0.39 is 0 Å². The number of anilines is 1. The molecule has 0 spiro atoms. The van der Waals surface area contributed by atoms with Crippen LogP contribution in [0.5, 0.6) is 0 Å². The van der Waals surface area contributed by atoms with Crippen LogP contribution >= 0.6 is 0 Å². The summed E-state index contributed by atoms with van der Waals surface area (Å²) in [6.45, 7) is 2.98. The molecule has 0 radical (unpaired) electrons. The molecule has 2 nitrogen and oxygen atoms in total. The van der Waals surface area contributed by atoms with Crippen LogP contribution in [-0.2, 0) is 0 Å². The number of nitrogens with zero attached hydrogens (tertiary/aromatic N) is 2. The standard InChI is InChI=1S/C10H10N2/c1-8-6-12(7-11)10-5-3-2-4-9(8)10/h2-5,8H,6H2,1H3. The lowest BCUT2D eigenvalue weighted by Gasteiger charge is -2.06. The van der Waals surface area contributed by atoms with E-state index in [0.29, 0.717) is 5.92 Å². The maximum atomic E-state index is 8.81. The first-order valence-corrected chi connectivity index (χ1v) is 4.09. The summed E-state index contributed by atoms with van der Waals surface area (Å²) >= 11 is 0. The second kappa shape index (κ2) is 2.53. The van der Waals surface area contributed by atoms with Crippen molar-refractivity contribution in [3.05, 3.63) is 29.8 Å². The highest BCUT2D eigenvalue weighted by Crippen LogP contribution is 2.34. The molecule has 1 heterocycles. The van der Waals surface area contributed by atoms with Crippen molar-refractivity contribution in [3.8, 4) is 6.19 Å². The van der Waals surface area contributed by atoms with Gasteiger partial charge >= 0.3 is 0 Å². The Kier molecular flexibility index (Phi) is 1.51. The number of fused-ring (bicyclic) bond motifs is 1. The van der Waals surface area contributed by atoms with E-state index in [1.54, 1.807) is 4.90 Å². The smallest absolute Gasteiger partial charge is 0.184 e. The average Bonchev–Trinajstić information content (AvgIpc) is 2.44. The van der Waals surface area contributed by atoms with Gasteiger partial charge in [-0.1, -0.05) is 25.1 Å². The van der Waals surface area contributed by atoms with Gasteiger partial charge in [0.25, 0.3) is 0 Å². The van der Waals surface area contributed by atoms with E-state index in [0.717, 1.165) is 12.2 Å². The van der Waals surface area contributed by atoms with E-state index in [9.17, 15) is 0 Å². The van der Waals surface area contributed by atoms with Crippen LogP contribution in [0, 0.1) is 11.5 Å². The second-order valence-corrected chi connectivity index (χ2v) is 3.17. The Bertz CT molecular complexity index is 338. The minimum absolute atomic E-state index is 0.487. The third kappa shape index (κ3) is 0.868. The molecular weight excluding hydrogens is 148 g/mol. The number of para-hydroxylation sites is 1. The molecule has 0 aliphatic carbocycles. The third-order valence-corrected chi connectivity index (χ3v) is 2.34. The fourth-order valence-corrected chi connectivity index (χ4v) is 1.72. The van der Waals surface area contributed by atoms with Gasteiger partial charge in [-0.3, -0.25) is 4.90 Å². The summed E-state index contributed by atoms with van der Waals surface area (Å²) in [6.07, 6.45) is 2.18. The van der Waals surface area contributed by atoms with Gasteiger partial charge in [-0.15, -0.1) is 0 Å². The Labute approximate surface area is 72.0 Å². The van der Waals surface area contributed by atoms with Crippen molar-refractivity contribution in [1.82, 2.24) is 0 Å². The first kappa shape index (κ1) is 7.17. The van der Waals surface area contributed by atoms with Gasteiger partial charge in [-0.05, 0) is 11.6 Å². The van der Waals surface area contributed by atoms with E-state index >= 15 is 0 Å². The van der Waals surface area contributed by atoms with Crippen molar-refractivity contribution < 1.29 is 0 Å².